The average Bonchev–Trinajstić information content (AvgIpc) is 2.45. The van der Waals surface area contributed by atoms with Crippen LogP contribution in [0.15, 0.2) is 0 Å². The molecule has 0 unspecified atom stereocenters. The molecule has 1 aromatic heterocycles. The van der Waals surface area contributed by atoms with Gasteiger partial charge in [0.2, 0.25) is 0 Å². The lowest BCUT2D eigenvalue weighted by Gasteiger charge is -2.31. The van der Waals surface area contributed by atoms with Crippen molar-refractivity contribution >= 4 is 17.4 Å². The SMILES string of the molecule is CCN1CCC(CNc2nnc(Cl)c(C)c2C)CC1. The molecule has 1 saturated heterocycles. The van der Waals surface area contributed by atoms with Crippen molar-refractivity contribution in [3.63, 3.8) is 0 Å². The minimum atomic E-state index is 0.499. The van der Waals surface area contributed by atoms with Crippen molar-refractivity contribution < 1.29 is 0 Å². The number of aromatic nitrogens is 2. The lowest BCUT2D eigenvalue weighted by molar-refractivity contribution is 0.198. The Hall–Kier alpha value is -0.870. The van der Waals surface area contributed by atoms with Gasteiger partial charge in [0.15, 0.2) is 11.0 Å². The minimum Gasteiger partial charge on any atom is -0.368 e. The van der Waals surface area contributed by atoms with E-state index in [0.717, 1.165) is 29.4 Å². The van der Waals surface area contributed by atoms with E-state index in [-0.39, 0.29) is 0 Å². The van der Waals surface area contributed by atoms with Crippen LogP contribution in [0.5, 0.6) is 0 Å². The van der Waals surface area contributed by atoms with E-state index >= 15 is 0 Å². The van der Waals surface area contributed by atoms with Crippen LogP contribution < -0.4 is 5.32 Å². The van der Waals surface area contributed by atoms with Gasteiger partial charge in [-0.1, -0.05) is 18.5 Å². The predicted octanol–water partition coefficient (Wildman–Crippen LogP) is 2.89. The van der Waals surface area contributed by atoms with Crippen molar-refractivity contribution in [1.29, 1.82) is 0 Å². The fourth-order valence-corrected chi connectivity index (χ4v) is 2.67. The number of nitrogens with one attached hydrogen (secondary N) is 1. The molecule has 4 nitrogen and oxygen atoms in total. The number of nitrogens with zero attached hydrogens (tertiary/aromatic N) is 3. The number of likely N-dealkylation sites (tertiary alicyclic amines) is 1. The summed E-state index contributed by atoms with van der Waals surface area (Å²) in [5.74, 6) is 1.61. The van der Waals surface area contributed by atoms with E-state index in [0.29, 0.717) is 5.15 Å². The molecule has 0 radical (unpaired) electrons. The highest BCUT2D eigenvalue weighted by molar-refractivity contribution is 6.30. The van der Waals surface area contributed by atoms with Crippen molar-refractivity contribution in [1.82, 2.24) is 15.1 Å². The van der Waals surface area contributed by atoms with Crippen LogP contribution in [0, 0.1) is 19.8 Å². The topological polar surface area (TPSA) is 41.0 Å². The summed E-state index contributed by atoms with van der Waals surface area (Å²) in [6.07, 6.45) is 2.53. The third-order valence-corrected chi connectivity index (χ3v) is 4.54. The number of piperidine rings is 1. The second-order valence-electron chi connectivity index (χ2n) is 5.35. The molecule has 0 bridgehead atoms. The number of rotatable bonds is 4. The molecular weight excluding hydrogens is 260 g/mol. The molecule has 1 aliphatic heterocycles. The van der Waals surface area contributed by atoms with Gasteiger partial charge in [0.05, 0.1) is 0 Å². The van der Waals surface area contributed by atoms with Gasteiger partial charge in [-0.25, -0.2) is 0 Å². The minimum absolute atomic E-state index is 0.499. The van der Waals surface area contributed by atoms with Crippen molar-refractivity contribution in [2.45, 2.75) is 33.6 Å². The average molecular weight is 283 g/mol. The van der Waals surface area contributed by atoms with E-state index in [9.17, 15) is 0 Å². The molecule has 1 aromatic rings. The summed E-state index contributed by atoms with van der Waals surface area (Å²) in [4.78, 5) is 2.51. The highest BCUT2D eigenvalue weighted by Crippen LogP contribution is 2.22. The van der Waals surface area contributed by atoms with Crippen molar-refractivity contribution in [3.8, 4) is 0 Å². The number of halogens is 1. The smallest absolute Gasteiger partial charge is 0.155 e. The third kappa shape index (κ3) is 3.57. The molecule has 0 amide bonds. The Kier molecular flexibility index (Phi) is 4.99. The van der Waals surface area contributed by atoms with Gasteiger partial charge >= 0.3 is 0 Å². The van der Waals surface area contributed by atoms with Gasteiger partial charge in [-0.3, -0.25) is 0 Å². The summed E-state index contributed by atoms with van der Waals surface area (Å²) in [7, 11) is 0. The van der Waals surface area contributed by atoms with E-state index in [1.807, 2.05) is 13.8 Å². The first-order valence-corrected chi connectivity index (χ1v) is 7.45. The molecule has 5 heteroatoms. The summed E-state index contributed by atoms with van der Waals surface area (Å²) < 4.78 is 0. The van der Waals surface area contributed by atoms with Crippen LogP contribution in [0.1, 0.15) is 30.9 Å². The molecular formula is C14H23ClN4. The number of anilines is 1. The number of hydrogen-bond donors (Lipinski definition) is 1. The second kappa shape index (κ2) is 6.53. The highest BCUT2D eigenvalue weighted by Gasteiger charge is 2.18. The van der Waals surface area contributed by atoms with Crippen LogP contribution in [0.3, 0.4) is 0 Å². The molecule has 0 aromatic carbocycles. The van der Waals surface area contributed by atoms with Gasteiger partial charge in [0.1, 0.15) is 0 Å². The Labute approximate surface area is 120 Å². The van der Waals surface area contributed by atoms with Crippen molar-refractivity contribution in [3.05, 3.63) is 16.3 Å². The normalized spacial score (nSPS) is 17.7. The van der Waals surface area contributed by atoms with Gasteiger partial charge in [0.25, 0.3) is 0 Å². The van der Waals surface area contributed by atoms with Gasteiger partial charge in [-0.2, -0.15) is 0 Å². The third-order valence-electron chi connectivity index (χ3n) is 4.18. The van der Waals surface area contributed by atoms with Gasteiger partial charge in [-0.15, -0.1) is 10.2 Å². The maximum Gasteiger partial charge on any atom is 0.155 e. The summed E-state index contributed by atoms with van der Waals surface area (Å²) >= 11 is 5.96. The maximum atomic E-state index is 5.96. The molecule has 1 N–H and O–H groups in total. The Morgan fingerprint density at radius 2 is 1.89 bits per heavy atom. The predicted molar refractivity (Wildman–Crippen MR) is 79.8 cm³/mol. The molecule has 2 rings (SSSR count). The lowest BCUT2D eigenvalue weighted by Crippen LogP contribution is -2.35. The summed E-state index contributed by atoms with van der Waals surface area (Å²) in [5, 5.41) is 12.1. The standard InChI is InChI=1S/C14H23ClN4/c1-4-19-7-5-12(6-8-19)9-16-14-11(3)10(2)13(15)17-18-14/h12H,4-9H2,1-3H3,(H,16,18). The van der Waals surface area contributed by atoms with Crippen LogP contribution in [-0.4, -0.2) is 41.3 Å². The van der Waals surface area contributed by atoms with Gasteiger partial charge in [0, 0.05) is 6.54 Å². The first-order valence-electron chi connectivity index (χ1n) is 7.07. The van der Waals surface area contributed by atoms with Crippen LogP contribution in [0.25, 0.3) is 0 Å². The zero-order valence-electron chi connectivity index (χ0n) is 12.0. The second-order valence-corrected chi connectivity index (χ2v) is 5.71. The number of hydrogen-bond acceptors (Lipinski definition) is 4. The molecule has 1 aliphatic rings. The summed E-state index contributed by atoms with van der Waals surface area (Å²) in [6, 6.07) is 0. The molecule has 0 spiro atoms. The van der Waals surface area contributed by atoms with Crippen LogP contribution in [0.2, 0.25) is 5.15 Å². The first kappa shape index (κ1) is 14.5. The zero-order valence-corrected chi connectivity index (χ0v) is 12.8. The summed E-state index contributed by atoms with van der Waals surface area (Å²) in [5.41, 5.74) is 2.12. The Bertz CT molecular complexity index is 428. The lowest BCUT2D eigenvalue weighted by atomic mass is 9.97. The fraction of sp³-hybridized carbons (Fsp3) is 0.714. The Morgan fingerprint density at radius 1 is 1.21 bits per heavy atom. The molecule has 0 aliphatic carbocycles. The molecule has 1 fully saturated rings. The quantitative estimate of drug-likeness (QED) is 0.922. The molecule has 0 atom stereocenters. The Morgan fingerprint density at radius 3 is 2.53 bits per heavy atom. The van der Waals surface area contributed by atoms with Gasteiger partial charge in [-0.05, 0) is 63.4 Å². The largest absolute Gasteiger partial charge is 0.368 e. The van der Waals surface area contributed by atoms with Gasteiger partial charge < -0.3 is 10.2 Å². The van der Waals surface area contributed by atoms with E-state index in [4.69, 9.17) is 11.6 Å². The van der Waals surface area contributed by atoms with E-state index < -0.39 is 0 Å². The van der Waals surface area contributed by atoms with Crippen LogP contribution in [0.4, 0.5) is 5.82 Å². The molecule has 106 valence electrons. The molecule has 2 heterocycles. The van der Waals surface area contributed by atoms with Crippen molar-refractivity contribution in [2.24, 2.45) is 5.92 Å². The van der Waals surface area contributed by atoms with E-state index in [1.54, 1.807) is 0 Å². The Balaban J connectivity index is 1.88. The van der Waals surface area contributed by atoms with Crippen LogP contribution in [-0.2, 0) is 0 Å². The molecule has 0 saturated carbocycles. The highest BCUT2D eigenvalue weighted by atomic mass is 35.5. The van der Waals surface area contributed by atoms with E-state index in [2.05, 4.69) is 27.3 Å². The summed E-state index contributed by atoms with van der Waals surface area (Å²) in [6.45, 7) is 10.8. The first-order chi connectivity index (χ1) is 9.11. The van der Waals surface area contributed by atoms with E-state index in [1.165, 1.54) is 32.5 Å². The monoisotopic (exact) mass is 282 g/mol. The molecule has 19 heavy (non-hydrogen) atoms. The maximum absolute atomic E-state index is 5.96. The fourth-order valence-electron chi connectivity index (χ4n) is 2.49. The van der Waals surface area contributed by atoms with Crippen LogP contribution >= 0.6 is 11.6 Å². The zero-order chi connectivity index (χ0) is 13.8. The van der Waals surface area contributed by atoms with Crippen molar-refractivity contribution in [2.75, 3.05) is 31.5 Å².